The molecule has 1 aliphatic rings. The highest BCUT2D eigenvalue weighted by atomic mass is 35.5. The van der Waals surface area contributed by atoms with Crippen LogP contribution in [0.3, 0.4) is 0 Å². The summed E-state index contributed by atoms with van der Waals surface area (Å²) < 4.78 is 26.8. The third-order valence-corrected chi connectivity index (χ3v) is 6.40. The number of nitrogens with zero attached hydrogens (tertiary/aromatic N) is 1. The number of halogens is 1. The Morgan fingerprint density at radius 1 is 1.45 bits per heavy atom. The number of benzene rings is 1. The first kappa shape index (κ1) is 15.8. The van der Waals surface area contributed by atoms with Gasteiger partial charge in [0.1, 0.15) is 4.90 Å². The number of aliphatic hydroxyl groups is 1. The van der Waals surface area contributed by atoms with Crippen LogP contribution in [-0.4, -0.2) is 37.0 Å². The van der Waals surface area contributed by atoms with E-state index in [9.17, 15) is 13.5 Å². The van der Waals surface area contributed by atoms with E-state index in [0.717, 1.165) is 18.4 Å². The quantitative estimate of drug-likeness (QED) is 0.931. The van der Waals surface area contributed by atoms with Crippen LogP contribution in [0.2, 0.25) is 5.02 Å². The normalized spacial score (nSPS) is 22.7. The molecule has 0 amide bonds. The summed E-state index contributed by atoms with van der Waals surface area (Å²) >= 11 is 6.14. The third-order valence-electron chi connectivity index (χ3n) is 3.88. The van der Waals surface area contributed by atoms with Crippen molar-refractivity contribution >= 4 is 21.6 Å². The molecule has 0 bridgehead atoms. The van der Waals surface area contributed by atoms with Crippen LogP contribution in [0.4, 0.5) is 0 Å². The predicted octanol–water partition coefficient (Wildman–Crippen LogP) is 2.43. The van der Waals surface area contributed by atoms with Gasteiger partial charge < -0.3 is 5.11 Å². The minimum atomic E-state index is -3.59. The Kier molecular flexibility index (Phi) is 4.74. The van der Waals surface area contributed by atoms with Crippen molar-refractivity contribution in [2.24, 2.45) is 5.92 Å². The topological polar surface area (TPSA) is 57.6 Å². The molecular formula is C14H20ClNO3S. The van der Waals surface area contributed by atoms with Crippen LogP contribution in [-0.2, 0) is 10.0 Å². The third kappa shape index (κ3) is 3.01. The Balaban J connectivity index is 2.33. The molecule has 1 fully saturated rings. The van der Waals surface area contributed by atoms with Crippen LogP contribution in [0.1, 0.15) is 25.3 Å². The molecule has 1 heterocycles. The van der Waals surface area contributed by atoms with Gasteiger partial charge in [-0.05, 0) is 44.2 Å². The Morgan fingerprint density at radius 3 is 2.80 bits per heavy atom. The highest BCUT2D eigenvalue weighted by Crippen LogP contribution is 2.30. The van der Waals surface area contributed by atoms with Crippen molar-refractivity contribution in [1.82, 2.24) is 4.31 Å². The number of piperidine rings is 1. The average Bonchev–Trinajstić information content (AvgIpc) is 2.41. The van der Waals surface area contributed by atoms with E-state index in [2.05, 4.69) is 0 Å². The molecule has 0 radical (unpaired) electrons. The lowest BCUT2D eigenvalue weighted by atomic mass is 9.95. The predicted molar refractivity (Wildman–Crippen MR) is 79.4 cm³/mol. The number of rotatable bonds is 3. The monoisotopic (exact) mass is 317 g/mol. The summed E-state index contributed by atoms with van der Waals surface area (Å²) in [6.45, 7) is 4.33. The van der Waals surface area contributed by atoms with Gasteiger partial charge in [0.2, 0.25) is 10.0 Å². The van der Waals surface area contributed by atoms with Crippen LogP contribution in [0.15, 0.2) is 23.1 Å². The van der Waals surface area contributed by atoms with Crippen molar-refractivity contribution in [3.8, 4) is 0 Å². The highest BCUT2D eigenvalue weighted by molar-refractivity contribution is 7.89. The number of hydrogen-bond acceptors (Lipinski definition) is 3. The molecule has 2 atom stereocenters. The van der Waals surface area contributed by atoms with E-state index in [1.165, 1.54) is 10.4 Å². The zero-order chi connectivity index (χ0) is 14.9. The number of aryl methyl sites for hydroxylation is 1. The molecule has 20 heavy (non-hydrogen) atoms. The van der Waals surface area contributed by atoms with Gasteiger partial charge in [0.15, 0.2) is 0 Å². The largest absolute Gasteiger partial charge is 0.393 e. The molecular weight excluding hydrogens is 298 g/mol. The lowest BCUT2D eigenvalue weighted by Gasteiger charge is -2.33. The van der Waals surface area contributed by atoms with Crippen molar-refractivity contribution in [3.63, 3.8) is 0 Å². The Morgan fingerprint density at radius 2 is 2.15 bits per heavy atom. The second kappa shape index (κ2) is 6.02. The molecule has 4 nitrogen and oxygen atoms in total. The van der Waals surface area contributed by atoms with Crippen molar-refractivity contribution < 1.29 is 13.5 Å². The molecule has 0 saturated carbocycles. The smallest absolute Gasteiger partial charge is 0.244 e. The lowest BCUT2D eigenvalue weighted by Crippen LogP contribution is -2.42. The Bertz CT molecular complexity index is 586. The highest BCUT2D eigenvalue weighted by Gasteiger charge is 2.33. The molecule has 6 heteroatoms. The number of aliphatic hydroxyl groups excluding tert-OH is 1. The van der Waals surface area contributed by atoms with E-state index >= 15 is 0 Å². The standard InChI is InChI=1S/C14H20ClNO3S/c1-10-5-3-7-13(14(10)15)20(18,19)16-8-4-6-12(9-16)11(2)17/h3,5,7,11-12,17H,4,6,8-9H2,1-2H3. The van der Waals surface area contributed by atoms with E-state index in [1.54, 1.807) is 26.0 Å². The summed E-state index contributed by atoms with van der Waals surface area (Å²) in [5, 5.41) is 9.97. The first-order valence-corrected chi connectivity index (χ1v) is 8.59. The van der Waals surface area contributed by atoms with Gasteiger partial charge in [0.25, 0.3) is 0 Å². The molecule has 2 unspecified atom stereocenters. The fourth-order valence-electron chi connectivity index (χ4n) is 2.54. The number of hydrogen-bond donors (Lipinski definition) is 1. The van der Waals surface area contributed by atoms with E-state index in [0.29, 0.717) is 13.1 Å². The minimum absolute atomic E-state index is 0.0119. The molecule has 1 aromatic rings. The van der Waals surface area contributed by atoms with E-state index in [1.807, 2.05) is 0 Å². The first-order valence-electron chi connectivity index (χ1n) is 6.77. The molecule has 0 aromatic heterocycles. The summed E-state index contributed by atoms with van der Waals surface area (Å²) in [6, 6.07) is 5.02. The van der Waals surface area contributed by atoms with Gasteiger partial charge in [-0.25, -0.2) is 8.42 Å². The fourth-order valence-corrected chi connectivity index (χ4v) is 4.64. The van der Waals surface area contributed by atoms with Crippen LogP contribution in [0.25, 0.3) is 0 Å². The van der Waals surface area contributed by atoms with Crippen molar-refractivity contribution in [1.29, 1.82) is 0 Å². The molecule has 0 spiro atoms. The van der Waals surface area contributed by atoms with E-state index in [4.69, 9.17) is 11.6 Å². The lowest BCUT2D eigenvalue weighted by molar-refractivity contribution is 0.0885. The van der Waals surface area contributed by atoms with Crippen molar-refractivity contribution in [2.75, 3.05) is 13.1 Å². The summed E-state index contributed by atoms with van der Waals surface area (Å²) in [6.07, 6.45) is 1.12. The van der Waals surface area contributed by atoms with Crippen molar-refractivity contribution in [2.45, 2.75) is 37.7 Å². The summed E-state index contributed by atoms with van der Waals surface area (Å²) in [5.41, 5.74) is 0.747. The molecule has 1 saturated heterocycles. The van der Waals surface area contributed by atoms with Gasteiger partial charge in [-0.3, -0.25) is 0 Å². The number of sulfonamides is 1. The molecule has 1 N–H and O–H groups in total. The van der Waals surface area contributed by atoms with Crippen LogP contribution >= 0.6 is 11.6 Å². The maximum atomic E-state index is 12.7. The van der Waals surface area contributed by atoms with Gasteiger partial charge in [-0.2, -0.15) is 4.31 Å². The Hall–Kier alpha value is -0.620. The fraction of sp³-hybridized carbons (Fsp3) is 0.571. The van der Waals surface area contributed by atoms with Crippen molar-refractivity contribution in [3.05, 3.63) is 28.8 Å². The second-order valence-corrected chi connectivity index (χ2v) is 7.68. The average molecular weight is 318 g/mol. The van der Waals surface area contributed by atoms with Gasteiger partial charge in [-0.15, -0.1) is 0 Å². The van der Waals surface area contributed by atoms with Gasteiger partial charge in [0.05, 0.1) is 11.1 Å². The zero-order valence-corrected chi connectivity index (χ0v) is 13.3. The minimum Gasteiger partial charge on any atom is -0.393 e. The molecule has 2 rings (SSSR count). The SMILES string of the molecule is Cc1cccc(S(=O)(=O)N2CCCC(C(C)O)C2)c1Cl. The van der Waals surface area contributed by atoms with Gasteiger partial charge in [0, 0.05) is 13.1 Å². The summed E-state index contributed by atoms with van der Waals surface area (Å²) in [4.78, 5) is 0.158. The molecule has 1 aliphatic heterocycles. The Labute approximate surface area is 125 Å². The van der Waals surface area contributed by atoms with Gasteiger partial charge >= 0.3 is 0 Å². The van der Waals surface area contributed by atoms with Crippen LogP contribution in [0.5, 0.6) is 0 Å². The molecule has 1 aromatic carbocycles. The summed E-state index contributed by atoms with van der Waals surface area (Å²) in [5.74, 6) is -0.0119. The van der Waals surface area contributed by atoms with Crippen LogP contribution < -0.4 is 0 Å². The van der Waals surface area contributed by atoms with E-state index < -0.39 is 16.1 Å². The maximum absolute atomic E-state index is 12.7. The summed E-state index contributed by atoms with van der Waals surface area (Å²) in [7, 11) is -3.59. The zero-order valence-electron chi connectivity index (χ0n) is 11.7. The maximum Gasteiger partial charge on any atom is 0.244 e. The van der Waals surface area contributed by atoms with Gasteiger partial charge in [-0.1, -0.05) is 23.7 Å². The van der Waals surface area contributed by atoms with E-state index in [-0.39, 0.29) is 15.8 Å². The second-order valence-electron chi connectivity index (χ2n) is 5.39. The molecule has 0 aliphatic carbocycles. The molecule has 112 valence electrons. The first-order chi connectivity index (χ1) is 9.34. The van der Waals surface area contributed by atoms with Crippen LogP contribution in [0, 0.1) is 12.8 Å².